The van der Waals surface area contributed by atoms with E-state index in [-0.39, 0.29) is 17.8 Å². The maximum absolute atomic E-state index is 14.2. The molecule has 0 radical (unpaired) electrons. The number of hydrogen-bond donors (Lipinski definition) is 0. The molecule has 4 saturated carbocycles. The van der Waals surface area contributed by atoms with Crippen molar-refractivity contribution in [1.29, 1.82) is 0 Å². The molecule has 0 heterocycles. The number of alkyl halides is 3. The monoisotopic (exact) mass is 480 g/mol. The third kappa shape index (κ3) is 4.31. The summed E-state index contributed by atoms with van der Waals surface area (Å²) in [5, 5.41) is 0. The Morgan fingerprint density at radius 2 is 1.59 bits per heavy atom. The second-order valence-electron chi connectivity index (χ2n) is 14.2. The van der Waals surface area contributed by atoms with Gasteiger partial charge in [-0.15, -0.1) is 6.58 Å². The number of fused-ring (bicyclic) bond motifs is 5. The summed E-state index contributed by atoms with van der Waals surface area (Å²) in [6.07, 6.45) is 10.4. The number of halogens is 3. The van der Waals surface area contributed by atoms with E-state index < -0.39 is 11.6 Å². The predicted molar refractivity (Wildman–Crippen MR) is 136 cm³/mol. The van der Waals surface area contributed by atoms with Gasteiger partial charge in [-0.2, -0.15) is 13.2 Å². The standard InChI is InChI=1S/C31H51F3/c1-7-16-30(31(32,33)34)19-18-28(5)23(20-30)11-12-24-26-14-13-25(22(4)10-8-9-21(2)3)29(26,6)17-15-27(24)28/h7,21-27H,1,8-20H2,2-6H3/t22-,23?,24+,25-,26+,27+,28+,29-,30+/m1/s1. The van der Waals surface area contributed by atoms with Crippen molar-refractivity contribution in [3.63, 3.8) is 0 Å². The maximum Gasteiger partial charge on any atom is 0.394 e. The van der Waals surface area contributed by atoms with Gasteiger partial charge >= 0.3 is 6.18 Å². The Bertz CT molecular complexity index is 725. The molecule has 3 heteroatoms. The van der Waals surface area contributed by atoms with Crippen LogP contribution in [-0.4, -0.2) is 6.18 Å². The van der Waals surface area contributed by atoms with Gasteiger partial charge in [0.15, 0.2) is 0 Å². The molecule has 196 valence electrons. The zero-order valence-electron chi connectivity index (χ0n) is 22.7. The highest BCUT2D eigenvalue weighted by Crippen LogP contribution is 2.70. The van der Waals surface area contributed by atoms with E-state index in [1.54, 1.807) is 0 Å². The van der Waals surface area contributed by atoms with Gasteiger partial charge in [0.2, 0.25) is 0 Å². The zero-order valence-corrected chi connectivity index (χ0v) is 22.7. The SMILES string of the molecule is C=CC[C@]1(C(F)(F)F)CC[C@@]2(C)C(CC[C@H]3[C@@H]4CC[C@H]([C@H](C)CCCC(C)C)[C@@]4(C)CC[C@@H]32)C1. The van der Waals surface area contributed by atoms with Crippen LogP contribution in [0.4, 0.5) is 13.2 Å². The summed E-state index contributed by atoms with van der Waals surface area (Å²) in [7, 11) is 0. The minimum Gasteiger partial charge on any atom is -0.170 e. The van der Waals surface area contributed by atoms with E-state index in [1.807, 2.05) is 0 Å². The summed E-state index contributed by atoms with van der Waals surface area (Å²) in [4.78, 5) is 0. The molecular weight excluding hydrogens is 429 g/mol. The number of rotatable bonds is 7. The third-order valence-corrected chi connectivity index (χ3v) is 12.2. The molecule has 4 aliphatic carbocycles. The molecular formula is C31H51F3. The van der Waals surface area contributed by atoms with Crippen LogP contribution in [0.1, 0.15) is 118 Å². The van der Waals surface area contributed by atoms with Crippen molar-refractivity contribution < 1.29 is 13.2 Å². The number of allylic oxidation sites excluding steroid dienone is 1. The second kappa shape index (κ2) is 9.44. The summed E-state index contributed by atoms with van der Waals surface area (Å²) in [6.45, 7) is 15.9. The molecule has 0 aromatic carbocycles. The van der Waals surface area contributed by atoms with Gasteiger partial charge in [-0.1, -0.05) is 60.0 Å². The van der Waals surface area contributed by atoms with E-state index in [4.69, 9.17) is 0 Å². The Labute approximate surface area is 207 Å². The Kier molecular flexibility index (Phi) is 7.38. The molecule has 0 aromatic rings. The molecule has 9 atom stereocenters. The summed E-state index contributed by atoms with van der Waals surface area (Å²) in [6, 6.07) is 0. The van der Waals surface area contributed by atoms with Crippen molar-refractivity contribution in [1.82, 2.24) is 0 Å². The molecule has 0 bridgehead atoms. The van der Waals surface area contributed by atoms with Crippen molar-refractivity contribution in [3.05, 3.63) is 12.7 Å². The van der Waals surface area contributed by atoms with E-state index in [2.05, 4.69) is 41.2 Å². The maximum atomic E-state index is 14.2. The highest BCUT2D eigenvalue weighted by molar-refractivity contribution is 5.12. The molecule has 0 aliphatic heterocycles. The quantitative estimate of drug-likeness (QED) is 0.318. The second-order valence-corrected chi connectivity index (χ2v) is 14.2. The zero-order chi connectivity index (χ0) is 24.9. The average molecular weight is 481 g/mol. The molecule has 0 spiro atoms. The van der Waals surface area contributed by atoms with Crippen LogP contribution in [-0.2, 0) is 0 Å². The van der Waals surface area contributed by atoms with Gasteiger partial charge in [0.1, 0.15) is 0 Å². The lowest BCUT2D eigenvalue weighted by molar-refractivity contribution is -0.257. The highest BCUT2D eigenvalue weighted by atomic mass is 19.4. The van der Waals surface area contributed by atoms with Crippen LogP contribution < -0.4 is 0 Å². The fourth-order valence-corrected chi connectivity index (χ4v) is 10.2. The van der Waals surface area contributed by atoms with Crippen molar-refractivity contribution in [3.8, 4) is 0 Å². The first-order chi connectivity index (χ1) is 15.9. The lowest BCUT2D eigenvalue weighted by Crippen LogP contribution is -2.56. The molecule has 4 fully saturated rings. The highest BCUT2D eigenvalue weighted by Gasteiger charge is 2.65. The van der Waals surface area contributed by atoms with Crippen molar-refractivity contribution in [2.45, 2.75) is 124 Å². The van der Waals surface area contributed by atoms with Crippen LogP contribution in [0.3, 0.4) is 0 Å². The molecule has 34 heavy (non-hydrogen) atoms. The van der Waals surface area contributed by atoms with Gasteiger partial charge in [-0.3, -0.25) is 0 Å². The fraction of sp³-hybridized carbons (Fsp3) is 0.935. The van der Waals surface area contributed by atoms with Gasteiger partial charge in [-0.25, -0.2) is 0 Å². The summed E-state index contributed by atoms with van der Waals surface area (Å²) < 4.78 is 42.7. The van der Waals surface area contributed by atoms with Gasteiger partial charge < -0.3 is 0 Å². The van der Waals surface area contributed by atoms with Crippen molar-refractivity contribution in [2.75, 3.05) is 0 Å². The first kappa shape index (κ1) is 26.6. The van der Waals surface area contributed by atoms with Crippen LogP contribution in [0.2, 0.25) is 0 Å². The largest absolute Gasteiger partial charge is 0.394 e. The predicted octanol–water partition coefficient (Wildman–Crippen LogP) is 10.2. The fourth-order valence-electron chi connectivity index (χ4n) is 10.2. The lowest BCUT2D eigenvalue weighted by atomic mass is 9.42. The van der Waals surface area contributed by atoms with Crippen molar-refractivity contribution >= 4 is 0 Å². The van der Waals surface area contributed by atoms with E-state index >= 15 is 0 Å². The van der Waals surface area contributed by atoms with E-state index in [1.165, 1.54) is 57.4 Å². The molecule has 0 nitrogen and oxygen atoms in total. The van der Waals surface area contributed by atoms with Gasteiger partial charge in [-0.05, 0) is 116 Å². The molecule has 0 N–H and O–H groups in total. The van der Waals surface area contributed by atoms with Crippen LogP contribution >= 0.6 is 0 Å². The van der Waals surface area contributed by atoms with Crippen LogP contribution in [0.25, 0.3) is 0 Å². The van der Waals surface area contributed by atoms with Gasteiger partial charge in [0.25, 0.3) is 0 Å². The first-order valence-electron chi connectivity index (χ1n) is 14.6. The van der Waals surface area contributed by atoms with Crippen LogP contribution in [0.15, 0.2) is 12.7 Å². The average Bonchev–Trinajstić information content (AvgIpc) is 3.10. The van der Waals surface area contributed by atoms with E-state index in [9.17, 15) is 13.2 Å². The normalized spacial score (nSPS) is 45.4. The summed E-state index contributed by atoms with van der Waals surface area (Å²) in [5.74, 6) is 4.83. The molecule has 4 rings (SSSR count). The minimum atomic E-state index is -4.12. The Morgan fingerprint density at radius 1 is 0.882 bits per heavy atom. The van der Waals surface area contributed by atoms with Crippen molar-refractivity contribution in [2.24, 2.45) is 57.7 Å². The molecule has 4 aliphatic rings. The first-order valence-corrected chi connectivity index (χ1v) is 14.6. The number of hydrogen-bond acceptors (Lipinski definition) is 0. The topological polar surface area (TPSA) is 0 Å². The minimum absolute atomic E-state index is 0.0915. The Morgan fingerprint density at radius 3 is 2.24 bits per heavy atom. The molecule has 0 amide bonds. The Hall–Kier alpha value is -0.470. The van der Waals surface area contributed by atoms with E-state index in [0.29, 0.717) is 24.2 Å². The molecule has 0 aromatic heterocycles. The lowest BCUT2D eigenvalue weighted by Gasteiger charge is -2.63. The van der Waals surface area contributed by atoms with Gasteiger partial charge in [0, 0.05) is 0 Å². The molecule has 0 saturated heterocycles. The summed E-state index contributed by atoms with van der Waals surface area (Å²) >= 11 is 0. The summed E-state index contributed by atoms with van der Waals surface area (Å²) in [5.41, 5.74) is -0.977. The molecule has 1 unspecified atom stereocenters. The van der Waals surface area contributed by atoms with Crippen LogP contribution in [0, 0.1) is 57.7 Å². The Balaban J connectivity index is 1.49. The smallest absolute Gasteiger partial charge is 0.170 e. The van der Waals surface area contributed by atoms with Gasteiger partial charge in [0.05, 0.1) is 5.41 Å². The van der Waals surface area contributed by atoms with E-state index in [0.717, 1.165) is 42.4 Å². The van der Waals surface area contributed by atoms with Crippen LogP contribution in [0.5, 0.6) is 0 Å². The third-order valence-electron chi connectivity index (χ3n) is 12.2.